The fourth-order valence-corrected chi connectivity index (χ4v) is 3.05. The number of benzene rings is 2. The molecule has 5 nitrogen and oxygen atoms in total. The predicted octanol–water partition coefficient (Wildman–Crippen LogP) is 3.93. The van der Waals surface area contributed by atoms with E-state index in [1.807, 2.05) is 16.7 Å². The first-order valence-corrected chi connectivity index (χ1v) is 8.55. The number of fused-ring (bicyclic) bond motifs is 1. The molecule has 0 unspecified atom stereocenters. The summed E-state index contributed by atoms with van der Waals surface area (Å²) in [5.41, 5.74) is 10.9. The average molecular weight is 341 g/mol. The van der Waals surface area contributed by atoms with Crippen LogP contribution in [0.4, 0.5) is 5.82 Å². The molecule has 0 spiro atoms. The number of rotatable bonds is 5. The van der Waals surface area contributed by atoms with Crippen molar-refractivity contribution in [3.05, 3.63) is 90.5 Å². The minimum absolute atomic E-state index is 0.415. The third kappa shape index (κ3) is 3.19. The summed E-state index contributed by atoms with van der Waals surface area (Å²) in [5.74, 6) is 0.415. The number of aromatic nitrogens is 4. The highest BCUT2D eigenvalue weighted by atomic mass is 15.1. The molecule has 2 aromatic carbocycles. The molecule has 0 atom stereocenters. The molecule has 0 radical (unpaired) electrons. The zero-order valence-electron chi connectivity index (χ0n) is 14.3. The maximum Gasteiger partial charge on any atom is 0.165 e. The Hall–Kier alpha value is -3.47. The largest absolute Gasteiger partial charge is 0.382 e. The number of nitrogen functional groups attached to an aromatic ring is 1. The van der Waals surface area contributed by atoms with E-state index < -0.39 is 0 Å². The first-order valence-electron chi connectivity index (χ1n) is 8.55. The normalized spacial score (nSPS) is 10.8. The molecular formula is C21H19N5. The third-order valence-electron chi connectivity index (χ3n) is 4.32. The molecule has 2 aromatic heterocycles. The Morgan fingerprint density at radius 3 is 2.19 bits per heavy atom. The van der Waals surface area contributed by atoms with Crippen LogP contribution in [-0.2, 0) is 6.54 Å². The Balaban J connectivity index is 1.62. The molecule has 0 aliphatic carbocycles. The highest BCUT2D eigenvalue weighted by Crippen LogP contribution is 2.24. The van der Waals surface area contributed by atoms with Crippen molar-refractivity contribution in [1.29, 1.82) is 0 Å². The number of nitrogens with two attached hydrogens (primary N) is 1. The third-order valence-corrected chi connectivity index (χ3v) is 4.32. The van der Waals surface area contributed by atoms with Gasteiger partial charge in [0.15, 0.2) is 11.5 Å². The van der Waals surface area contributed by atoms with E-state index in [1.54, 1.807) is 6.33 Å². The Morgan fingerprint density at radius 1 is 0.885 bits per heavy atom. The standard InChI is InChI=1S/C21H19N5/c22-20-19-21(24-14-23-20)26(15-25-19)13-7-12-18(16-8-3-1-4-9-16)17-10-5-2-6-11-17/h1-6,8-12,14-15H,7,13H2,(H2,22,23,24). The number of imidazole rings is 1. The highest BCUT2D eigenvalue weighted by Gasteiger charge is 2.08. The summed E-state index contributed by atoms with van der Waals surface area (Å²) in [6, 6.07) is 20.9. The van der Waals surface area contributed by atoms with Gasteiger partial charge >= 0.3 is 0 Å². The van der Waals surface area contributed by atoms with E-state index in [1.165, 1.54) is 23.0 Å². The van der Waals surface area contributed by atoms with Crippen molar-refractivity contribution in [3.63, 3.8) is 0 Å². The SMILES string of the molecule is Nc1ncnc2c1ncn2CCC=C(c1ccccc1)c1ccccc1. The quantitative estimate of drug-likeness (QED) is 0.597. The smallest absolute Gasteiger partial charge is 0.165 e. The Bertz CT molecular complexity index is 994. The van der Waals surface area contributed by atoms with Crippen molar-refractivity contribution in [2.75, 3.05) is 5.73 Å². The second-order valence-corrected chi connectivity index (χ2v) is 6.01. The minimum atomic E-state index is 0.415. The molecule has 0 fully saturated rings. The second-order valence-electron chi connectivity index (χ2n) is 6.01. The van der Waals surface area contributed by atoms with Crippen LogP contribution in [0.25, 0.3) is 16.7 Å². The van der Waals surface area contributed by atoms with Gasteiger partial charge in [0.05, 0.1) is 6.33 Å². The van der Waals surface area contributed by atoms with Crippen molar-refractivity contribution in [1.82, 2.24) is 19.5 Å². The summed E-state index contributed by atoms with van der Waals surface area (Å²) in [5, 5.41) is 0. The number of hydrogen-bond acceptors (Lipinski definition) is 4. The molecule has 4 aromatic rings. The topological polar surface area (TPSA) is 69.6 Å². The minimum Gasteiger partial charge on any atom is -0.382 e. The van der Waals surface area contributed by atoms with Crippen LogP contribution in [0.5, 0.6) is 0 Å². The van der Waals surface area contributed by atoms with E-state index in [-0.39, 0.29) is 0 Å². The lowest BCUT2D eigenvalue weighted by Crippen LogP contribution is -1.99. The molecule has 0 bridgehead atoms. The van der Waals surface area contributed by atoms with E-state index in [9.17, 15) is 0 Å². The molecule has 0 amide bonds. The summed E-state index contributed by atoms with van der Waals surface area (Å²) in [4.78, 5) is 12.6. The van der Waals surface area contributed by atoms with E-state index in [2.05, 4.69) is 69.6 Å². The van der Waals surface area contributed by atoms with Crippen molar-refractivity contribution in [3.8, 4) is 0 Å². The summed E-state index contributed by atoms with van der Waals surface area (Å²) in [6.45, 7) is 0.774. The van der Waals surface area contributed by atoms with E-state index in [4.69, 9.17) is 5.73 Å². The number of aryl methyl sites for hydroxylation is 1. The van der Waals surface area contributed by atoms with Crippen molar-refractivity contribution >= 4 is 22.6 Å². The molecule has 0 saturated heterocycles. The van der Waals surface area contributed by atoms with Crippen molar-refractivity contribution in [2.24, 2.45) is 0 Å². The molecule has 128 valence electrons. The lowest BCUT2D eigenvalue weighted by atomic mass is 9.97. The van der Waals surface area contributed by atoms with Crippen molar-refractivity contribution in [2.45, 2.75) is 13.0 Å². The van der Waals surface area contributed by atoms with E-state index in [0.717, 1.165) is 18.6 Å². The van der Waals surface area contributed by atoms with Crippen LogP contribution < -0.4 is 5.73 Å². The number of nitrogens with zero attached hydrogens (tertiary/aromatic N) is 4. The molecule has 26 heavy (non-hydrogen) atoms. The van der Waals surface area contributed by atoms with Gasteiger partial charge in [-0.3, -0.25) is 0 Å². The van der Waals surface area contributed by atoms with Gasteiger partial charge < -0.3 is 10.3 Å². The van der Waals surface area contributed by atoms with Crippen LogP contribution in [0.1, 0.15) is 17.5 Å². The highest BCUT2D eigenvalue weighted by molar-refractivity contribution is 5.81. The number of anilines is 1. The maximum atomic E-state index is 5.86. The van der Waals surface area contributed by atoms with Crippen LogP contribution in [0.2, 0.25) is 0 Å². The van der Waals surface area contributed by atoms with Crippen LogP contribution in [0.15, 0.2) is 79.4 Å². The Morgan fingerprint density at radius 2 is 1.54 bits per heavy atom. The molecular weight excluding hydrogens is 322 g/mol. The molecule has 5 heteroatoms. The molecule has 0 aliphatic heterocycles. The summed E-state index contributed by atoms with van der Waals surface area (Å²) < 4.78 is 2.01. The number of allylic oxidation sites excluding steroid dienone is 1. The van der Waals surface area contributed by atoms with Gasteiger partial charge in [0.25, 0.3) is 0 Å². The molecule has 2 N–H and O–H groups in total. The van der Waals surface area contributed by atoms with Crippen LogP contribution in [0, 0.1) is 0 Å². The van der Waals surface area contributed by atoms with Gasteiger partial charge in [0, 0.05) is 6.54 Å². The Labute approximate surface area is 151 Å². The summed E-state index contributed by atoms with van der Waals surface area (Å²) in [6.07, 6.45) is 6.37. The maximum absolute atomic E-state index is 5.86. The predicted molar refractivity (Wildman–Crippen MR) is 104 cm³/mol. The van der Waals surface area contributed by atoms with Gasteiger partial charge in [0.2, 0.25) is 0 Å². The van der Waals surface area contributed by atoms with Gasteiger partial charge in [-0.25, -0.2) is 15.0 Å². The lowest BCUT2D eigenvalue weighted by Gasteiger charge is -2.09. The Kier molecular flexibility index (Phi) is 4.43. The zero-order chi connectivity index (χ0) is 17.8. The van der Waals surface area contributed by atoms with Gasteiger partial charge in [-0.05, 0) is 23.1 Å². The molecule has 4 rings (SSSR count). The van der Waals surface area contributed by atoms with Gasteiger partial charge in [-0.2, -0.15) is 0 Å². The fraction of sp³-hybridized carbons (Fsp3) is 0.0952. The monoisotopic (exact) mass is 341 g/mol. The lowest BCUT2D eigenvalue weighted by molar-refractivity contribution is 0.723. The zero-order valence-corrected chi connectivity index (χ0v) is 14.3. The molecule has 2 heterocycles. The fourth-order valence-electron chi connectivity index (χ4n) is 3.05. The van der Waals surface area contributed by atoms with E-state index >= 15 is 0 Å². The average Bonchev–Trinajstić information content (AvgIpc) is 3.11. The second kappa shape index (κ2) is 7.19. The van der Waals surface area contributed by atoms with Crippen LogP contribution in [-0.4, -0.2) is 19.5 Å². The van der Waals surface area contributed by atoms with Gasteiger partial charge in [0.1, 0.15) is 11.8 Å². The van der Waals surface area contributed by atoms with E-state index in [0.29, 0.717) is 11.3 Å². The first kappa shape index (κ1) is 16.0. The van der Waals surface area contributed by atoms with Gasteiger partial charge in [-0.15, -0.1) is 0 Å². The molecule has 0 saturated carbocycles. The van der Waals surface area contributed by atoms with Crippen molar-refractivity contribution < 1.29 is 0 Å². The summed E-state index contributed by atoms with van der Waals surface area (Å²) in [7, 11) is 0. The van der Waals surface area contributed by atoms with Gasteiger partial charge in [-0.1, -0.05) is 66.7 Å². The van der Waals surface area contributed by atoms with Crippen LogP contribution >= 0.6 is 0 Å². The van der Waals surface area contributed by atoms with Crippen LogP contribution in [0.3, 0.4) is 0 Å². The number of hydrogen-bond donors (Lipinski definition) is 1. The molecule has 0 aliphatic rings. The first-order chi connectivity index (χ1) is 12.8. The summed E-state index contributed by atoms with van der Waals surface area (Å²) >= 11 is 0.